The van der Waals surface area contributed by atoms with Gasteiger partial charge in [-0.05, 0) is 43.4 Å². The van der Waals surface area contributed by atoms with Crippen LogP contribution in [0.1, 0.15) is 37.8 Å². The van der Waals surface area contributed by atoms with E-state index in [9.17, 15) is 13.9 Å². The lowest BCUT2D eigenvalue weighted by Gasteiger charge is -2.24. The van der Waals surface area contributed by atoms with Gasteiger partial charge in [0.25, 0.3) is 0 Å². The summed E-state index contributed by atoms with van der Waals surface area (Å²) < 4.78 is 26.3. The number of aliphatic hydroxyl groups is 1. The first-order valence-electron chi connectivity index (χ1n) is 6.43. The topological polar surface area (TPSA) is 32.3 Å². The summed E-state index contributed by atoms with van der Waals surface area (Å²) in [6.45, 7) is 2.06. The molecule has 1 aromatic carbocycles. The van der Waals surface area contributed by atoms with Crippen molar-refractivity contribution in [3.05, 3.63) is 35.4 Å². The van der Waals surface area contributed by atoms with E-state index in [1.807, 2.05) is 6.92 Å². The standard InChI is InChI=1S/C14H19F2NO/c1-9(11-5-12(15)7-13(16)6-11)17-14-4-2-3-10(14)8-18/h5-7,9-10,14,17-18H,2-4,8H2,1H3. The fourth-order valence-electron chi connectivity index (χ4n) is 2.72. The summed E-state index contributed by atoms with van der Waals surface area (Å²) in [5.41, 5.74) is 0.607. The molecule has 0 aliphatic heterocycles. The third-order valence-corrected chi connectivity index (χ3v) is 3.74. The summed E-state index contributed by atoms with van der Waals surface area (Å²) in [4.78, 5) is 0. The van der Waals surface area contributed by atoms with Crippen LogP contribution in [-0.4, -0.2) is 17.8 Å². The van der Waals surface area contributed by atoms with Crippen LogP contribution in [0.4, 0.5) is 8.78 Å². The van der Waals surface area contributed by atoms with Crippen LogP contribution in [0.5, 0.6) is 0 Å². The molecule has 0 radical (unpaired) electrons. The lowest BCUT2D eigenvalue weighted by atomic mass is 10.0. The second-order valence-corrected chi connectivity index (χ2v) is 5.07. The molecule has 0 heterocycles. The van der Waals surface area contributed by atoms with E-state index in [-0.39, 0.29) is 24.6 Å². The molecule has 4 heteroatoms. The number of aliphatic hydroxyl groups excluding tert-OH is 1. The summed E-state index contributed by atoms with van der Waals surface area (Å²) in [5.74, 6) is -0.849. The van der Waals surface area contributed by atoms with Crippen LogP contribution >= 0.6 is 0 Å². The molecule has 3 unspecified atom stereocenters. The van der Waals surface area contributed by atoms with Gasteiger partial charge in [0.05, 0.1) is 0 Å². The van der Waals surface area contributed by atoms with E-state index in [4.69, 9.17) is 0 Å². The molecule has 1 saturated carbocycles. The van der Waals surface area contributed by atoms with Crippen molar-refractivity contribution in [2.24, 2.45) is 5.92 Å². The Bertz CT molecular complexity index is 391. The monoisotopic (exact) mass is 255 g/mol. The highest BCUT2D eigenvalue weighted by Gasteiger charge is 2.27. The van der Waals surface area contributed by atoms with Crippen molar-refractivity contribution >= 4 is 0 Å². The normalized spacial score (nSPS) is 25.3. The van der Waals surface area contributed by atoms with Crippen LogP contribution < -0.4 is 5.32 Å². The lowest BCUT2D eigenvalue weighted by molar-refractivity contribution is 0.200. The van der Waals surface area contributed by atoms with Crippen molar-refractivity contribution in [2.45, 2.75) is 38.3 Å². The van der Waals surface area contributed by atoms with E-state index in [2.05, 4.69) is 5.32 Å². The highest BCUT2D eigenvalue weighted by Crippen LogP contribution is 2.27. The molecule has 1 aliphatic rings. The van der Waals surface area contributed by atoms with E-state index in [1.165, 1.54) is 12.1 Å². The molecular formula is C14H19F2NO. The fourth-order valence-corrected chi connectivity index (χ4v) is 2.72. The average Bonchev–Trinajstić information content (AvgIpc) is 2.75. The molecule has 0 amide bonds. The minimum Gasteiger partial charge on any atom is -0.396 e. The highest BCUT2D eigenvalue weighted by atomic mass is 19.1. The van der Waals surface area contributed by atoms with Crippen molar-refractivity contribution in [1.82, 2.24) is 5.32 Å². The smallest absolute Gasteiger partial charge is 0.126 e. The number of hydrogen-bond donors (Lipinski definition) is 2. The van der Waals surface area contributed by atoms with E-state index >= 15 is 0 Å². The number of hydrogen-bond acceptors (Lipinski definition) is 2. The van der Waals surface area contributed by atoms with Gasteiger partial charge in [-0.15, -0.1) is 0 Å². The van der Waals surface area contributed by atoms with Crippen LogP contribution in [0.2, 0.25) is 0 Å². The van der Waals surface area contributed by atoms with Crippen LogP contribution in [0, 0.1) is 17.6 Å². The van der Waals surface area contributed by atoms with Gasteiger partial charge < -0.3 is 10.4 Å². The van der Waals surface area contributed by atoms with Gasteiger partial charge in [0, 0.05) is 24.8 Å². The Labute approximate surface area is 106 Å². The van der Waals surface area contributed by atoms with Crippen molar-refractivity contribution in [1.29, 1.82) is 0 Å². The van der Waals surface area contributed by atoms with Gasteiger partial charge in [-0.25, -0.2) is 8.78 Å². The van der Waals surface area contributed by atoms with Gasteiger partial charge in [-0.3, -0.25) is 0 Å². The maximum Gasteiger partial charge on any atom is 0.126 e. The third-order valence-electron chi connectivity index (χ3n) is 3.74. The number of rotatable bonds is 4. The van der Waals surface area contributed by atoms with Crippen LogP contribution in [-0.2, 0) is 0 Å². The zero-order chi connectivity index (χ0) is 13.1. The zero-order valence-corrected chi connectivity index (χ0v) is 10.5. The van der Waals surface area contributed by atoms with Crippen LogP contribution in [0.15, 0.2) is 18.2 Å². The van der Waals surface area contributed by atoms with Gasteiger partial charge in [0.15, 0.2) is 0 Å². The first kappa shape index (κ1) is 13.4. The summed E-state index contributed by atoms with van der Waals surface area (Å²) in [6.07, 6.45) is 3.11. The Morgan fingerprint density at radius 2 is 1.94 bits per heavy atom. The summed E-state index contributed by atoms with van der Waals surface area (Å²) in [6, 6.07) is 3.69. The Kier molecular flexibility index (Phi) is 4.30. The summed E-state index contributed by atoms with van der Waals surface area (Å²) in [5, 5.41) is 12.6. The maximum absolute atomic E-state index is 13.1. The number of halogens is 2. The summed E-state index contributed by atoms with van der Waals surface area (Å²) in [7, 11) is 0. The lowest BCUT2D eigenvalue weighted by Crippen LogP contribution is -2.35. The molecule has 2 nitrogen and oxygen atoms in total. The molecule has 0 spiro atoms. The molecule has 1 aromatic rings. The molecule has 0 bridgehead atoms. The van der Waals surface area contributed by atoms with Gasteiger partial charge in [-0.2, -0.15) is 0 Å². The largest absolute Gasteiger partial charge is 0.396 e. The molecule has 2 N–H and O–H groups in total. The van der Waals surface area contributed by atoms with Gasteiger partial charge in [-0.1, -0.05) is 6.42 Å². The first-order valence-corrected chi connectivity index (χ1v) is 6.43. The molecule has 1 aliphatic carbocycles. The zero-order valence-electron chi connectivity index (χ0n) is 10.5. The highest BCUT2D eigenvalue weighted by molar-refractivity contribution is 5.21. The molecule has 0 aromatic heterocycles. The predicted octanol–water partition coefficient (Wildman–Crippen LogP) is 2.78. The third kappa shape index (κ3) is 3.06. The fraction of sp³-hybridized carbons (Fsp3) is 0.571. The van der Waals surface area contributed by atoms with Gasteiger partial charge in [0.2, 0.25) is 0 Å². The Balaban J connectivity index is 2.04. The second kappa shape index (κ2) is 5.76. The maximum atomic E-state index is 13.1. The van der Waals surface area contributed by atoms with Gasteiger partial charge in [0.1, 0.15) is 11.6 Å². The number of benzene rings is 1. The first-order chi connectivity index (χ1) is 8.60. The molecule has 2 rings (SSSR count). The van der Waals surface area contributed by atoms with Crippen LogP contribution in [0.3, 0.4) is 0 Å². The van der Waals surface area contributed by atoms with E-state index < -0.39 is 11.6 Å². The van der Waals surface area contributed by atoms with E-state index in [0.29, 0.717) is 5.56 Å². The molecule has 0 saturated heterocycles. The van der Waals surface area contributed by atoms with Crippen molar-refractivity contribution in [2.75, 3.05) is 6.61 Å². The SMILES string of the molecule is CC(NC1CCCC1CO)c1cc(F)cc(F)c1. The van der Waals surface area contributed by atoms with Gasteiger partial charge >= 0.3 is 0 Å². The van der Waals surface area contributed by atoms with E-state index in [1.54, 1.807) is 0 Å². The van der Waals surface area contributed by atoms with Crippen molar-refractivity contribution < 1.29 is 13.9 Å². The molecule has 100 valence electrons. The predicted molar refractivity (Wildman–Crippen MR) is 66.1 cm³/mol. The minimum absolute atomic E-state index is 0.118. The molecule has 1 fully saturated rings. The second-order valence-electron chi connectivity index (χ2n) is 5.07. The number of nitrogens with one attached hydrogen (secondary N) is 1. The molecule has 3 atom stereocenters. The molecule has 18 heavy (non-hydrogen) atoms. The minimum atomic E-state index is -0.552. The Morgan fingerprint density at radius 3 is 2.56 bits per heavy atom. The summed E-state index contributed by atoms with van der Waals surface area (Å²) >= 11 is 0. The van der Waals surface area contributed by atoms with Crippen molar-refractivity contribution in [3.8, 4) is 0 Å². The van der Waals surface area contributed by atoms with E-state index in [0.717, 1.165) is 25.3 Å². The average molecular weight is 255 g/mol. The van der Waals surface area contributed by atoms with Crippen molar-refractivity contribution in [3.63, 3.8) is 0 Å². The Hall–Kier alpha value is -1.00. The molecular weight excluding hydrogens is 236 g/mol. The quantitative estimate of drug-likeness (QED) is 0.867. The van der Waals surface area contributed by atoms with Crippen LogP contribution in [0.25, 0.3) is 0 Å². The Morgan fingerprint density at radius 1 is 1.28 bits per heavy atom.